The van der Waals surface area contributed by atoms with Crippen molar-refractivity contribution >= 4 is 23.6 Å². The normalized spacial score (nSPS) is 17.7. The minimum absolute atomic E-state index is 0.0678. The van der Waals surface area contributed by atoms with Crippen LogP contribution in [0.5, 0.6) is 6.01 Å². The Balaban J connectivity index is 1.16. The lowest BCUT2D eigenvalue weighted by molar-refractivity contribution is -0.137. The number of methoxy groups -OCH3 is 1. The highest BCUT2D eigenvalue weighted by Gasteiger charge is 2.38. The average molecular weight is 685 g/mol. The number of hydrogen-bond acceptors (Lipinski definition) is 10. The third kappa shape index (κ3) is 7.92. The fraction of sp³-hybridized carbons (Fsp3) is 0.406. The molecule has 17 heteroatoms. The second-order valence-electron chi connectivity index (χ2n) is 11.7. The van der Waals surface area contributed by atoms with Gasteiger partial charge in [0.1, 0.15) is 17.2 Å². The molecule has 0 unspecified atom stereocenters. The summed E-state index contributed by atoms with van der Waals surface area (Å²) in [5, 5.41) is 5.46. The maximum atomic E-state index is 14.0. The number of pyridine rings is 2. The molecule has 2 N–H and O–H groups in total. The molecule has 4 aromatic heterocycles. The predicted octanol–water partition coefficient (Wildman–Crippen LogP) is 5.52. The number of carbonyl (C=O) groups is 1. The van der Waals surface area contributed by atoms with Crippen LogP contribution in [-0.2, 0) is 19.1 Å². The number of nitrogens with one attached hydrogen (secondary N) is 2. The van der Waals surface area contributed by atoms with Crippen molar-refractivity contribution in [2.45, 2.75) is 63.3 Å². The number of aromatic nitrogens is 6. The number of carbonyl (C=O) groups excluding carboxylic acids is 1. The molecule has 5 heterocycles. The number of nitrogens with zero attached hydrogens (tertiary/aromatic N) is 8. The average Bonchev–Trinajstić information content (AvgIpc) is 3.11. The molecule has 6 rings (SSSR count). The molecule has 0 saturated heterocycles. The van der Waals surface area contributed by atoms with Crippen LogP contribution < -0.4 is 25.2 Å². The van der Waals surface area contributed by atoms with Gasteiger partial charge in [-0.2, -0.15) is 18.2 Å². The van der Waals surface area contributed by atoms with Crippen molar-refractivity contribution in [3.63, 3.8) is 0 Å². The van der Waals surface area contributed by atoms with E-state index < -0.39 is 30.7 Å². The summed E-state index contributed by atoms with van der Waals surface area (Å²) in [7, 11) is 1.45. The van der Waals surface area contributed by atoms with E-state index in [0.717, 1.165) is 17.3 Å². The van der Waals surface area contributed by atoms with Gasteiger partial charge in [-0.1, -0.05) is 0 Å². The highest BCUT2D eigenvalue weighted by atomic mass is 19.4. The number of urea groups is 1. The zero-order valence-electron chi connectivity index (χ0n) is 26.4. The molecule has 0 aromatic carbocycles. The molecule has 0 radical (unpaired) electrons. The van der Waals surface area contributed by atoms with Crippen LogP contribution in [0.2, 0.25) is 0 Å². The van der Waals surface area contributed by atoms with E-state index in [1.807, 2.05) is 0 Å². The first-order chi connectivity index (χ1) is 23.6. The summed E-state index contributed by atoms with van der Waals surface area (Å²) < 4.78 is 73.0. The van der Waals surface area contributed by atoms with E-state index in [1.54, 1.807) is 54.1 Å². The van der Waals surface area contributed by atoms with Crippen LogP contribution in [0.1, 0.15) is 42.4 Å². The number of halogens is 5. The van der Waals surface area contributed by atoms with Gasteiger partial charge in [0.15, 0.2) is 0 Å². The zero-order chi connectivity index (χ0) is 34.5. The van der Waals surface area contributed by atoms with E-state index in [-0.39, 0.29) is 42.2 Å². The summed E-state index contributed by atoms with van der Waals surface area (Å²) in [5.74, 6) is 0.146. The molecule has 4 aromatic rings. The number of alkyl halides is 5. The van der Waals surface area contributed by atoms with E-state index in [0.29, 0.717) is 49.8 Å². The highest BCUT2D eigenvalue weighted by Crippen LogP contribution is 2.38. The molecule has 1 fully saturated rings. The first-order valence-electron chi connectivity index (χ1n) is 15.6. The largest absolute Gasteiger partial charge is 0.467 e. The molecular formula is C32H33F5N10O2. The zero-order valence-corrected chi connectivity index (χ0v) is 26.4. The first kappa shape index (κ1) is 33.7. The van der Waals surface area contributed by atoms with Gasteiger partial charge in [-0.15, -0.1) is 0 Å². The summed E-state index contributed by atoms with van der Waals surface area (Å²) in [6.45, 7) is -0.217. The van der Waals surface area contributed by atoms with Crippen LogP contribution >= 0.6 is 0 Å². The summed E-state index contributed by atoms with van der Waals surface area (Å²) in [6, 6.07) is 4.06. The fourth-order valence-electron chi connectivity index (χ4n) is 6.08. The Hall–Kier alpha value is -5.22. The Morgan fingerprint density at radius 1 is 0.980 bits per heavy atom. The SMILES string of the molecule is COc1ncc(-c2ccc(N(C(=O)NCC(F)F)[C@H]3CC[C@H](Nc4ncc(C(F)(F)F)c(N5CCc6cnccc6C5)n4)CC3)nc2)cn1. The maximum Gasteiger partial charge on any atom is 0.421 e. The molecule has 258 valence electrons. The number of ether oxygens (including phenoxy) is 1. The van der Waals surface area contributed by atoms with E-state index in [1.165, 1.54) is 12.0 Å². The summed E-state index contributed by atoms with van der Waals surface area (Å²) in [6.07, 6.45) is 3.91. The molecule has 0 atom stereocenters. The van der Waals surface area contributed by atoms with Crippen molar-refractivity contribution in [1.29, 1.82) is 0 Å². The van der Waals surface area contributed by atoms with Crippen LogP contribution in [0.4, 0.5) is 44.3 Å². The Bertz CT molecular complexity index is 1740. The minimum atomic E-state index is -4.65. The van der Waals surface area contributed by atoms with Gasteiger partial charge < -0.3 is 20.3 Å². The lowest BCUT2D eigenvalue weighted by Gasteiger charge is -2.36. The predicted molar refractivity (Wildman–Crippen MR) is 169 cm³/mol. The highest BCUT2D eigenvalue weighted by molar-refractivity contribution is 5.91. The second kappa shape index (κ2) is 14.5. The standard InChI is InChI=1S/C32H33F5N10O2/c1-49-30-41-14-22(15-42-30)19-2-7-27(39-13-19)47(31(48)43-17-26(33)34)24-5-3-23(4-6-24)44-29-40-16-25(32(35,36)37)28(45-29)46-11-9-20-12-38-10-8-21(20)18-46/h2,7-8,10,12-16,23-24,26H,3-6,9,11,17-18H2,1H3,(H,43,48)(H,40,44,45)/t23-,24-. The van der Waals surface area contributed by atoms with Crippen molar-refractivity contribution in [1.82, 2.24) is 35.2 Å². The molecular weight excluding hydrogens is 651 g/mol. The molecule has 1 aliphatic carbocycles. The number of amides is 2. The van der Waals surface area contributed by atoms with Gasteiger partial charge in [-0.05, 0) is 61.4 Å². The van der Waals surface area contributed by atoms with Gasteiger partial charge in [0, 0.05) is 73.5 Å². The monoisotopic (exact) mass is 684 g/mol. The summed E-state index contributed by atoms with van der Waals surface area (Å²) in [4.78, 5) is 41.3. The van der Waals surface area contributed by atoms with Crippen molar-refractivity contribution in [2.24, 2.45) is 0 Å². The van der Waals surface area contributed by atoms with Crippen LogP contribution in [0.25, 0.3) is 11.1 Å². The first-order valence-corrected chi connectivity index (χ1v) is 15.6. The van der Waals surface area contributed by atoms with E-state index >= 15 is 0 Å². The summed E-state index contributed by atoms with van der Waals surface area (Å²) >= 11 is 0. The second-order valence-corrected chi connectivity index (χ2v) is 11.7. The Kier molecular flexibility index (Phi) is 9.96. The Morgan fingerprint density at radius 3 is 2.41 bits per heavy atom. The minimum Gasteiger partial charge on any atom is -0.467 e. The molecule has 2 aliphatic rings. The van der Waals surface area contributed by atoms with Gasteiger partial charge in [0.05, 0.1) is 13.7 Å². The number of fused-ring (bicyclic) bond motifs is 1. The molecule has 1 saturated carbocycles. The number of rotatable bonds is 9. The topological polar surface area (TPSA) is 134 Å². The van der Waals surface area contributed by atoms with Gasteiger partial charge in [-0.25, -0.2) is 33.5 Å². The molecule has 1 aliphatic heterocycles. The fourth-order valence-corrected chi connectivity index (χ4v) is 6.08. The van der Waals surface area contributed by atoms with Gasteiger partial charge in [-0.3, -0.25) is 9.88 Å². The third-order valence-electron chi connectivity index (χ3n) is 8.55. The van der Waals surface area contributed by atoms with Crippen molar-refractivity contribution < 1.29 is 31.5 Å². The van der Waals surface area contributed by atoms with Gasteiger partial charge in [0.25, 0.3) is 6.43 Å². The lowest BCUT2D eigenvalue weighted by Crippen LogP contribution is -2.50. The van der Waals surface area contributed by atoms with E-state index in [9.17, 15) is 26.7 Å². The molecule has 49 heavy (non-hydrogen) atoms. The quantitative estimate of drug-likeness (QED) is 0.217. The van der Waals surface area contributed by atoms with Crippen molar-refractivity contribution in [2.75, 3.05) is 35.3 Å². The third-order valence-corrected chi connectivity index (χ3v) is 8.55. The molecule has 0 spiro atoms. The van der Waals surface area contributed by atoms with Crippen LogP contribution in [-0.4, -0.2) is 74.6 Å². The number of hydrogen-bond donors (Lipinski definition) is 2. The van der Waals surface area contributed by atoms with Crippen LogP contribution in [0.3, 0.4) is 0 Å². The summed E-state index contributed by atoms with van der Waals surface area (Å²) in [5.41, 5.74) is 2.31. The van der Waals surface area contributed by atoms with Crippen LogP contribution in [0.15, 0.2) is 55.4 Å². The number of anilines is 3. The lowest BCUT2D eigenvalue weighted by atomic mass is 9.90. The van der Waals surface area contributed by atoms with Crippen LogP contribution in [0, 0.1) is 0 Å². The van der Waals surface area contributed by atoms with Crippen molar-refractivity contribution in [3.8, 4) is 17.1 Å². The molecule has 2 amide bonds. The van der Waals surface area contributed by atoms with E-state index in [4.69, 9.17) is 4.74 Å². The van der Waals surface area contributed by atoms with E-state index in [2.05, 4.69) is 40.5 Å². The van der Waals surface area contributed by atoms with Crippen molar-refractivity contribution in [3.05, 3.63) is 72.1 Å². The van der Waals surface area contributed by atoms with Gasteiger partial charge >= 0.3 is 18.2 Å². The molecule has 12 nitrogen and oxygen atoms in total. The Labute approximate surface area is 278 Å². The van der Waals surface area contributed by atoms with Gasteiger partial charge in [0.2, 0.25) is 5.95 Å². The molecule has 0 bridgehead atoms. The smallest absolute Gasteiger partial charge is 0.421 e. The Morgan fingerprint density at radius 2 is 1.73 bits per heavy atom. The maximum absolute atomic E-state index is 14.0.